The number of rotatable bonds is 11. The van der Waals surface area contributed by atoms with E-state index < -0.39 is 17.4 Å². The fraction of sp³-hybridized carbons (Fsp3) is 0.250. The van der Waals surface area contributed by atoms with E-state index in [0.717, 1.165) is 16.7 Å². The SMILES string of the molecule is CCC(=O)CC[C@@H](NC(=O)CC(c1ccccc1)(c1ccccc1)c1ccccc1)C(=O)O. The highest BCUT2D eigenvalue weighted by atomic mass is 16.4. The summed E-state index contributed by atoms with van der Waals surface area (Å²) in [6.07, 6.45) is 0.563. The van der Waals surface area contributed by atoms with Crippen LogP contribution in [0.4, 0.5) is 0 Å². The van der Waals surface area contributed by atoms with E-state index >= 15 is 0 Å². The smallest absolute Gasteiger partial charge is 0.326 e. The fourth-order valence-corrected chi connectivity index (χ4v) is 4.20. The van der Waals surface area contributed by atoms with Gasteiger partial charge in [0.25, 0.3) is 0 Å². The first kappa shape index (κ1) is 23.9. The third-order valence-electron chi connectivity index (χ3n) is 5.96. The molecule has 3 aromatic rings. The first-order valence-corrected chi connectivity index (χ1v) is 11.2. The highest BCUT2D eigenvalue weighted by molar-refractivity contribution is 5.86. The van der Waals surface area contributed by atoms with Crippen LogP contribution in [0.15, 0.2) is 91.0 Å². The lowest BCUT2D eigenvalue weighted by Gasteiger charge is -2.36. The summed E-state index contributed by atoms with van der Waals surface area (Å²) in [4.78, 5) is 36.8. The van der Waals surface area contributed by atoms with Gasteiger partial charge < -0.3 is 10.4 Å². The van der Waals surface area contributed by atoms with Crippen molar-refractivity contribution in [2.45, 2.75) is 44.1 Å². The number of carboxylic acid groups (broad SMARTS) is 1. The second-order valence-electron chi connectivity index (χ2n) is 8.07. The largest absolute Gasteiger partial charge is 0.480 e. The molecule has 0 bridgehead atoms. The van der Waals surface area contributed by atoms with Gasteiger partial charge in [-0.3, -0.25) is 9.59 Å². The summed E-state index contributed by atoms with van der Waals surface area (Å²) >= 11 is 0. The van der Waals surface area contributed by atoms with Crippen LogP contribution in [-0.4, -0.2) is 28.8 Å². The molecule has 0 radical (unpaired) electrons. The maximum absolute atomic E-state index is 13.3. The summed E-state index contributed by atoms with van der Waals surface area (Å²) in [6, 6.07) is 28.2. The average molecular weight is 444 g/mol. The minimum atomic E-state index is -1.14. The van der Waals surface area contributed by atoms with E-state index in [1.54, 1.807) is 6.92 Å². The molecule has 3 rings (SSSR count). The van der Waals surface area contributed by atoms with E-state index in [-0.39, 0.29) is 31.0 Å². The van der Waals surface area contributed by atoms with Crippen molar-refractivity contribution in [2.75, 3.05) is 0 Å². The molecule has 0 heterocycles. The molecule has 3 aromatic carbocycles. The first-order chi connectivity index (χ1) is 16.0. The first-order valence-electron chi connectivity index (χ1n) is 11.2. The van der Waals surface area contributed by atoms with E-state index in [9.17, 15) is 19.5 Å². The summed E-state index contributed by atoms with van der Waals surface area (Å²) < 4.78 is 0. The van der Waals surface area contributed by atoms with Crippen molar-refractivity contribution in [3.05, 3.63) is 108 Å². The van der Waals surface area contributed by atoms with Crippen LogP contribution in [0, 0.1) is 0 Å². The predicted octanol–water partition coefficient (Wildman–Crippen LogP) is 4.74. The van der Waals surface area contributed by atoms with Gasteiger partial charge in [-0.25, -0.2) is 4.79 Å². The Balaban J connectivity index is 2.02. The van der Waals surface area contributed by atoms with Crippen molar-refractivity contribution in [3.63, 3.8) is 0 Å². The van der Waals surface area contributed by atoms with Crippen molar-refractivity contribution < 1.29 is 19.5 Å². The predicted molar refractivity (Wildman–Crippen MR) is 128 cm³/mol. The number of benzene rings is 3. The average Bonchev–Trinajstić information content (AvgIpc) is 2.86. The van der Waals surface area contributed by atoms with Crippen molar-refractivity contribution in [1.29, 1.82) is 0 Å². The van der Waals surface area contributed by atoms with Crippen molar-refractivity contribution in [3.8, 4) is 0 Å². The number of ketones is 1. The molecule has 0 spiro atoms. The summed E-state index contributed by atoms with van der Waals surface area (Å²) in [5, 5.41) is 12.3. The van der Waals surface area contributed by atoms with Crippen LogP contribution < -0.4 is 5.32 Å². The Labute approximate surface area is 194 Å². The summed E-state index contributed by atoms with van der Waals surface area (Å²) in [5.74, 6) is -1.55. The monoisotopic (exact) mass is 443 g/mol. The molecule has 0 unspecified atom stereocenters. The van der Waals surface area contributed by atoms with Crippen molar-refractivity contribution in [1.82, 2.24) is 5.32 Å². The number of carbonyl (C=O) groups is 3. The molecule has 5 heteroatoms. The zero-order valence-electron chi connectivity index (χ0n) is 18.7. The van der Waals surface area contributed by atoms with Crippen LogP contribution in [0.25, 0.3) is 0 Å². The molecule has 170 valence electrons. The minimum absolute atomic E-state index is 0.0243. The molecule has 0 fully saturated rings. The van der Waals surface area contributed by atoms with Gasteiger partial charge in [-0.1, -0.05) is 97.9 Å². The normalized spacial score (nSPS) is 12.0. The van der Waals surface area contributed by atoms with Gasteiger partial charge in [0.05, 0.1) is 5.41 Å². The van der Waals surface area contributed by atoms with Gasteiger partial charge in [0.1, 0.15) is 11.8 Å². The zero-order chi connectivity index (χ0) is 23.7. The highest BCUT2D eigenvalue weighted by Crippen LogP contribution is 2.42. The van der Waals surface area contributed by atoms with E-state index in [0.29, 0.717) is 6.42 Å². The summed E-state index contributed by atoms with van der Waals surface area (Å²) in [7, 11) is 0. The Morgan fingerprint density at radius 3 is 1.58 bits per heavy atom. The van der Waals surface area contributed by atoms with Gasteiger partial charge in [-0.2, -0.15) is 0 Å². The quantitative estimate of drug-likeness (QED) is 0.419. The number of Topliss-reactive ketones (excluding diaryl/α,β-unsaturated/α-hetero) is 1. The molecule has 2 N–H and O–H groups in total. The van der Waals surface area contributed by atoms with Gasteiger partial charge in [0.15, 0.2) is 0 Å². The van der Waals surface area contributed by atoms with Crippen LogP contribution in [0.1, 0.15) is 49.3 Å². The third-order valence-corrected chi connectivity index (χ3v) is 5.96. The molecule has 0 aliphatic carbocycles. The Morgan fingerprint density at radius 2 is 1.21 bits per heavy atom. The van der Waals surface area contributed by atoms with E-state index in [2.05, 4.69) is 5.32 Å². The van der Waals surface area contributed by atoms with E-state index in [1.165, 1.54) is 0 Å². The Bertz CT molecular complexity index is 968. The molecule has 1 atom stereocenters. The van der Waals surface area contributed by atoms with Gasteiger partial charge in [0.2, 0.25) is 5.91 Å². The molecule has 0 aromatic heterocycles. The zero-order valence-corrected chi connectivity index (χ0v) is 18.7. The number of hydrogen-bond donors (Lipinski definition) is 2. The number of hydrogen-bond acceptors (Lipinski definition) is 3. The molecular formula is C28H29NO4. The van der Waals surface area contributed by atoms with Gasteiger partial charge in [-0.05, 0) is 23.1 Å². The lowest BCUT2D eigenvalue weighted by molar-refractivity contribution is -0.142. The van der Waals surface area contributed by atoms with Crippen LogP contribution in [0.5, 0.6) is 0 Å². The minimum Gasteiger partial charge on any atom is -0.480 e. The lowest BCUT2D eigenvalue weighted by atomic mass is 9.67. The van der Waals surface area contributed by atoms with E-state index in [1.807, 2.05) is 91.0 Å². The number of nitrogens with one attached hydrogen (secondary N) is 1. The maximum atomic E-state index is 13.3. The Hall–Kier alpha value is -3.73. The molecule has 1 amide bonds. The topological polar surface area (TPSA) is 83.5 Å². The number of carbonyl (C=O) groups excluding carboxylic acids is 2. The van der Waals surface area contributed by atoms with Crippen LogP contribution >= 0.6 is 0 Å². The van der Waals surface area contributed by atoms with Gasteiger partial charge in [0, 0.05) is 19.3 Å². The second-order valence-corrected chi connectivity index (χ2v) is 8.07. The molecule has 0 saturated heterocycles. The second kappa shape index (κ2) is 11.2. The summed E-state index contributed by atoms with van der Waals surface area (Å²) in [6.45, 7) is 1.74. The molecule has 33 heavy (non-hydrogen) atoms. The molecule has 0 aliphatic heterocycles. The molecule has 0 saturated carbocycles. The Morgan fingerprint density at radius 1 is 0.788 bits per heavy atom. The van der Waals surface area contributed by atoms with Crippen LogP contribution in [-0.2, 0) is 19.8 Å². The maximum Gasteiger partial charge on any atom is 0.326 e. The Kier molecular flexibility index (Phi) is 8.14. The van der Waals surface area contributed by atoms with Crippen molar-refractivity contribution >= 4 is 17.7 Å². The highest BCUT2D eigenvalue weighted by Gasteiger charge is 2.39. The number of amides is 1. The standard InChI is InChI=1S/C28H29NO4/c1-2-24(30)18-19-25(27(32)33)29-26(31)20-28(21-12-6-3-7-13-21,22-14-8-4-9-15-22)23-16-10-5-11-17-23/h3-17,25H,2,18-20H2,1H3,(H,29,31)(H,32,33)/t25-/m1/s1. The number of aliphatic carboxylic acids is 1. The van der Waals surface area contributed by atoms with E-state index in [4.69, 9.17) is 0 Å². The van der Waals surface area contributed by atoms with Crippen LogP contribution in [0.2, 0.25) is 0 Å². The third kappa shape index (κ3) is 5.75. The molecular weight excluding hydrogens is 414 g/mol. The van der Waals surface area contributed by atoms with Crippen LogP contribution in [0.3, 0.4) is 0 Å². The molecule has 0 aliphatic rings. The van der Waals surface area contributed by atoms with Gasteiger partial charge in [-0.15, -0.1) is 0 Å². The fourth-order valence-electron chi connectivity index (χ4n) is 4.20. The van der Waals surface area contributed by atoms with Crippen molar-refractivity contribution in [2.24, 2.45) is 0 Å². The lowest BCUT2D eigenvalue weighted by Crippen LogP contribution is -2.44. The molecule has 5 nitrogen and oxygen atoms in total. The number of carboxylic acids is 1. The summed E-state index contributed by atoms with van der Waals surface area (Å²) in [5.41, 5.74) is 2.00. The van der Waals surface area contributed by atoms with Gasteiger partial charge >= 0.3 is 5.97 Å².